The number of fused-ring (bicyclic) bond motifs is 1. The summed E-state index contributed by atoms with van der Waals surface area (Å²) < 4.78 is 1.83. The predicted molar refractivity (Wildman–Crippen MR) is 118 cm³/mol. The molecule has 2 aliphatic heterocycles. The Morgan fingerprint density at radius 1 is 1.00 bits per heavy atom. The second-order valence-corrected chi connectivity index (χ2v) is 8.44. The molecule has 5 rings (SSSR count). The van der Waals surface area contributed by atoms with Crippen LogP contribution in [-0.2, 0) is 6.42 Å². The van der Waals surface area contributed by atoms with E-state index >= 15 is 0 Å². The van der Waals surface area contributed by atoms with Gasteiger partial charge in [-0.15, -0.1) is 0 Å². The van der Waals surface area contributed by atoms with E-state index in [-0.39, 0.29) is 11.5 Å². The van der Waals surface area contributed by atoms with Crippen molar-refractivity contribution in [2.45, 2.75) is 51.4 Å². The Kier molecular flexibility index (Phi) is 5.39. The summed E-state index contributed by atoms with van der Waals surface area (Å²) in [5.74, 6) is 1.10. The Morgan fingerprint density at radius 3 is 2.40 bits per heavy atom. The molecule has 7 nitrogen and oxygen atoms in total. The molecule has 0 bridgehead atoms. The maximum absolute atomic E-state index is 13.0. The van der Waals surface area contributed by atoms with Gasteiger partial charge in [-0.2, -0.15) is 5.10 Å². The van der Waals surface area contributed by atoms with E-state index in [1.165, 1.54) is 32.4 Å². The van der Waals surface area contributed by atoms with E-state index in [0.29, 0.717) is 17.5 Å². The van der Waals surface area contributed by atoms with Crippen molar-refractivity contribution in [2.24, 2.45) is 0 Å². The second-order valence-electron chi connectivity index (χ2n) is 8.44. The fourth-order valence-electron chi connectivity index (χ4n) is 4.88. The number of aromatic nitrogens is 4. The minimum Gasteiger partial charge on any atom is -0.310 e. The Bertz CT molecular complexity index is 1060. The number of nitrogens with zero attached hydrogens (tertiary/aromatic N) is 5. The van der Waals surface area contributed by atoms with Gasteiger partial charge in [-0.25, -0.2) is 19.7 Å². The molecule has 2 saturated heterocycles. The number of aromatic amines is 1. The first kappa shape index (κ1) is 19.5. The number of aryl methyl sites for hydroxylation is 1. The van der Waals surface area contributed by atoms with E-state index < -0.39 is 0 Å². The fraction of sp³-hybridized carbons (Fsp3) is 0.522. The molecular weight excluding hydrogens is 376 g/mol. The van der Waals surface area contributed by atoms with Gasteiger partial charge < -0.3 is 4.98 Å². The summed E-state index contributed by atoms with van der Waals surface area (Å²) in [6.45, 7) is 6.46. The molecule has 0 unspecified atom stereocenters. The van der Waals surface area contributed by atoms with Crippen molar-refractivity contribution >= 4 is 11.0 Å². The third kappa shape index (κ3) is 3.56. The molecular formula is C23H30N6O. The minimum absolute atomic E-state index is 0.0625. The van der Waals surface area contributed by atoms with Crippen LogP contribution in [0.25, 0.3) is 16.7 Å². The molecule has 3 aromatic rings. The average Bonchev–Trinajstić information content (AvgIpc) is 3.20. The van der Waals surface area contributed by atoms with Gasteiger partial charge in [-0.1, -0.05) is 31.5 Å². The lowest BCUT2D eigenvalue weighted by Gasteiger charge is -2.41. The largest absolute Gasteiger partial charge is 0.310 e. The van der Waals surface area contributed by atoms with Crippen LogP contribution in [-0.4, -0.2) is 55.9 Å². The molecule has 0 saturated carbocycles. The lowest BCUT2D eigenvalue weighted by molar-refractivity contribution is -0.0556. The van der Waals surface area contributed by atoms with E-state index in [0.717, 1.165) is 43.1 Å². The predicted octanol–water partition coefficient (Wildman–Crippen LogP) is 3.25. The van der Waals surface area contributed by atoms with Crippen molar-refractivity contribution in [2.75, 3.05) is 26.2 Å². The van der Waals surface area contributed by atoms with Crippen molar-refractivity contribution in [1.29, 1.82) is 0 Å². The van der Waals surface area contributed by atoms with Crippen LogP contribution in [0.3, 0.4) is 0 Å². The van der Waals surface area contributed by atoms with Crippen molar-refractivity contribution in [3.63, 3.8) is 0 Å². The van der Waals surface area contributed by atoms with Gasteiger partial charge in [-0.3, -0.25) is 4.79 Å². The normalized spacial score (nSPS) is 19.5. The smallest absolute Gasteiger partial charge is 0.262 e. The zero-order valence-corrected chi connectivity index (χ0v) is 17.7. The lowest BCUT2D eigenvalue weighted by Crippen LogP contribution is -2.49. The Hall–Kier alpha value is -2.51. The summed E-state index contributed by atoms with van der Waals surface area (Å²) in [7, 11) is 0. The van der Waals surface area contributed by atoms with Gasteiger partial charge >= 0.3 is 0 Å². The first-order valence-electron chi connectivity index (χ1n) is 11.3. The van der Waals surface area contributed by atoms with E-state index in [2.05, 4.69) is 15.0 Å². The summed E-state index contributed by atoms with van der Waals surface area (Å²) >= 11 is 0. The van der Waals surface area contributed by atoms with Gasteiger partial charge in [0.2, 0.25) is 0 Å². The van der Waals surface area contributed by atoms with E-state index in [4.69, 9.17) is 10.1 Å². The molecule has 0 radical (unpaired) electrons. The average molecular weight is 407 g/mol. The molecule has 30 heavy (non-hydrogen) atoms. The number of hydrazine groups is 1. The molecule has 0 amide bonds. The second kappa shape index (κ2) is 8.32. The highest BCUT2D eigenvalue weighted by atomic mass is 16.1. The molecule has 0 atom stereocenters. The Labute approximate surface area is 176 Å². The quantitative estimate of drug-likeness (QED) is 0.720. The summed E-state index contributed by atoms with van der Waals surface area (Å²) in [6.07, 6.45) is 6.70. The highest BCUT2D eigenvalue weighted by Gasteiger charge is 2.28. The number of hydrogen-bond acceptors (Lipinski definition) is 5. The zero-order chi connectivity index (χ0) is 20.5. The molecule has 4 heterocycles. The van der Waals surface area contributed by atoms with Crippen molar-refractivity contribution < 1.29 is 0 Å². The van der Waals surface area contributed by atoms with Crippen molar-refractivity contribution in [1.82, 2.24) is 29.8 Å². The summed E-state index contributed by atoms with van der Waals surface area (Å²) in [5.41, 5.74) is 2.35. The van der Waals surface area contributed by atoms with Gasteiger partial charge in [0.15, 0.2) is 5.65 Å². The van der Waals surface area contributed by atoms with E-state index in [1.807, 2.05) is 41.9 Å². The maximum atomic E-state index is 13.0. The monoisotopic (exact) mass is 406 g/mol. The van der Waals surface area contributed by atoms with Gasteiger partial charge in [0.25, 0.3) is 5.56 Å². The number of piperidine rings is 2. The van der Waals surface area contributed by atoms with Crippen LogP contribution in [0.4, 0.5) is 0 Å². The van der Waals surface area contributed by atoms with Crippen molar-refractivity contribution in [3.05, 3.63) is 52.2 Å². The molecule has 158 valence electrons. The third-order valence-electron chi connectivity index (χ3n) is 6.55. The first-order valence-corrected chi connectivity index (χ1v) is 11.3. The number of para-hydroxylation sites is 1. The molecule has 1 aromatic carbocycles. The maximum Gasteiger partial charge on any atom is 0.262 e. The zero-order valence-electron chi connectivity index (χ0n) is 17.7. The van der Waals surface area contributed by atoms with Crippen LogP contribution in [0, 0.1) is 0 Å². The molecule has 2 fully saturated rings. The molecule has 1 N–H and O–H groups in total. The van der Waals surface area contributed by atoms with Crippen LogP contribution in [0.5, 0.6) is 0 Å². The highest BCUT2D eigenvalue weighted by molar-refractivity contribution is 5.79. The van der Waals surface area contributed by atoms with Gasteiger partial charge in [-0.05, 0) is 44.2 Å². The number of hydrogen-bond donors (Lipinski definition) is 1. The number of rotatable bonds is 4. The topological polar surface area (TPSA) is 70.1 Å². The summed E-state index contributed by atoms with van der Waals surface area (Å²) in [4.78, 5) is 21.1. The number of nitrogens with one attached hydrogen (secondary N) is 1. The molecule has 7 heteroatoms. The van der Waals surface area contributed by atoms with Gasteiger partial charge in [0, 0.05) is 32.1 Å². The standard InChI is InChI=1S/C23H30N6O/c1-2-19-20-22(29(26-19)18-9-5-3-6-10-18)24-21(25-23(20)30)17-11-15-28(16-12-17)27-13-7-4-8-14-27/h3,5-6,9-10,17H,2,4,7-8,11-16H2,1H3,(H,24,25,30). The van der Waals surface area contributed by atoms with Gasteiger partial charge in [0.1, 0.15) is 11.2 Å². The summed E-state index contributed by atoms with van der Waals surface area (Å²) in [6, 6.07) is 9.96. The fourth-order valence-corrected chi connectivity index (χ4v) is 4.88. The minimum atomic E-state index is -0.0625. The Balaban J connectivity index is 1.45. The number of benzene rings is 1. The third-order valence-corrected chi connectivity index (χ3v) is 6.55. The van der Waals surface area contributed by atoms with Crippen LogP contribution in [0.1, 0.15) is 56.5 Å². The van der Waals surface area contributed by atoms with Crippen molar-refractivity contribution in [3.8, 4) is 5.69 Å². The van der Waals surface area contributed by atoms with Crippen LogP contribution in [0.15, 0.2) is 35.1 Å². The van der Waals surface area contributed by atoms with E-state index in [9.17, 15) is 4.79 Å². The highest BCUT2D eigenvalue weighted by Crippen LogP contribution is 2.28. The van der Waals surface area contributed by atoms with Gasteiger partial charge in [0.05, 0.1) is 11.4 Å². The lowest BCUT2D eigenvalue weighted by atomic mass is 9.96. The Morgan fingerprint density at radius 2 is 1.70 bits per heavy atom. The van der Waals surface area contributed by atoms with Crippen LogP contribution < -0.4 is 5.56 Å². The summed E-state index contributed by atoms with van der Waals surface area (Å²) in [5, 5.41) is 10.4. The molecule has 2 aliphatic rings. The van der Waals surface area contributed by atoms with Crippen LogP contribution >= 0.6 is 0 Å². The SMILES string of the molecule is CCc1nn(-c2ccccc2)c2nc(C3CCN(N4CCCCC4)CC3)[nH]c(=O)c12. The number of H-pyrrole nitrogens is 1. The van der Waals surface area contributed by atoms with E-state index in [1.54, 1.807) is 0 Å². The molecule has 0 aliphatic carbocycles. The first-order chi connectivity index (χ1) is 14.7. The molecule has 2 aromatic heterocycles. The van der Waals surface area contributed by atoms with Crippen LogP contribution in [0.2, 0.25) is 0 Å². The molecule has 0 spiro atoms.